The van der Waals surface area contributed by atoms with Gasteiger partial charge in [-0.15, -0.1) is 0 Å². The van der Waals surface area contributed by atoms with Crippen LogP contribution in [0.4, 0.5) is 17.2 Å². The number of benzene rings is 2. The van der Waals surface area contributed by atoms with E-state index < -0.39 is 0 Å². The number of fused-ring (bicyclic) bond motifs is 1. The normalized spacial score (nSPS) is 11.3. The van der Waals surface area contributed by atoms with Crippen molar-refractivity contribution in [2.45, 2.75) is 6.92 Å². The molecule has 0 atom stereocenters. The van der Waals surface area contributed by atoms with Crippen molar-refractivity contribution in [1.29, 1.82) is 0 Å². The number of nitrogens with zero attached hydrogens (tertiary/aromatic N) is 5. The van der Waals surface area contributed by atoms with Crippen LogP contribution in [0.5, 0.6) is 0 Å². The van der Waals surface area contributed by atoms with Crippen LogP contribution < -0.4 is 10.2 Å². The largest absolute Gasteiger partial charge is 0.371 e. The van der Waals surface area contributed by atoms with Gasteiger partial charge in [-0.2, -0.15) is 4.98 Å². The summed E-state index contributed by atoms with van der Waals surface area (Å²) in [4.78, 5) is 13.6. The van der Waals surface area contributed by atoms with Crippen molar-refractivity contribution in [2.75, 3.05) is 43.9 Å². The lowest BCUT2D eigenvalue weighted by Gasteiger charge is -2.25. The second-order valence-corrected chi connectivity index (χ2v) is 8.12. The Bertz CT molecular complexity index is 1150. The molecule has 4 rings (SSSR count). The summed E-state index contributed by atoms with van der Waals surface area (Å²) >= 11 is 6.33. The topological polar surface area (TPSA) is 48.7 Å². The van der Waals surface area contributed by atoms with Crippen LogP contribution in [0.25, 0.3) is 16.9 Å². The second kappa shape index (κ2) is 9.37. The summed E-state index contributed by atoms with van der Waals surface area (Å²) in [5.74, 6) is 1.38. The number of aromatic nitrogens is 3. The standard InChI is InChI=1S/C24H27ClN6/c1-4-30(14-13-29(2)3)20-11-9-19(10-12-20)27-23-17-31-16-18(15-26-24(31)28-23)21-7-5-6-8-22(21)25/h5-12,15-17,27H,4,13-14H2,1-3H3. The van der Waals surface area contributed by atoms with Crippen LogP contribution in [0.15, 0.2) is 67.1 Å². The molecule has 0 aliphatic rings. The first-order valence-corrected chi connectivity index (χ1v) is 10.8. The molecule has 0 saturated heterocycles. The number of anilines is 3. The number of hydrogen-bond acceptors (Lipinski definition) is 5. The van der Waals surface area contributed by atoms with Gasteiger partial charge in [-0.3, -0.25) is 4.40 Å². The van der Waals surface area contributed by atoms with Crippen LogP contribution in [0.2, 0.25) is 5.02 Å². The molecule has 0 radical (unpaired) electrons. The van der Waals surface area contributed by atoms with Crippen molar-refractivity contribution < 1.29 is 0 Å². The van der Waals surface area contributed by atoms with Crippen LogP contribution in [0.1, 0.15) is 6.92 Å². The molecule has 0 spiro atoms. The first-order chi connectivity index (χ1) is 15.0. The maximum Gasteiger partial charge on any atom is 0.235 e. The highest BCUT2D eigenvalue weighted by Crippen LogP contribution is 2.27. The van der Waals surface area contributed by atoms with Crippen LogP contribution in [-0.4, -0.2) is 53.0 Å². The average Bonchev–Trinajstić information content (AvgIpc) is 3.17. The zero-order valence-corrected chi connectivity index (χ0v) is 18.8. The molecule has 1 N–H and O–H groups in total. The predicted octanol–water partition coefficient (Wildman–Crippen LogP) is 5.18. The lowest BCUT2D eigenvalue weighted by atomic mass is 10.1. The monoisotopic (exact) mass is 434 g/mol. The summed E-state index contributed by atoms with van der Waals surface area (Å²) < 4.78 is 1.91. The average molecular weight is 435 g/mol. The molecule has 0 fully saturated rings. The van der Waals surface area contributed by atoms with E-state index in [4.69, 9.17) is 11.6 Å². The van der Waals surface area contributed by atoms with Crippen LogP contribution in [-0.2, 0) is 0 Å². The van der Waals surface area contributed by atoms with Gasteiger partial charge >= 0.3 is 0 Å². The van der Waals surface area contributed by atoms with Gasteiger partial charge in [-0.25, -0.2) is 4.98 Å². The van der Waals surface area contributed by atoms with Gasteiger partial charge in [0.1, 0.15) is 0 Å². The van der Waals surface area contributed by atoms with Crippen LogP contribution in [0, 0.1) is 0 Å². The molecule has 4 aromatic rings. The van der Waals surface area contributed by atoms with Crippen molar-refractivity contribution in [2.24, 2.45) is 0 Å². The van der Waals surface area contributed by atoms with Gasteiger partial charge in [0.2, 0.25) is 5.78 Å². The van der Waals surface area contributed by atoms with Crippen LogP contribution in [0.3, 0.4) is 0 Å². The van der Waals surface area contributed by atoms with E-state index in [-0.39, 0.29) is 0 Å². The third-order valence-corrected chi connectivity index (χ3v) is 5.53. The third kappa shape index (κ3) is 4.98. The summed E-state index contributed by atoms with van der Waals surface area (Å²) in [6, 6.07) is 16.2. The smallest absolute Gasteiger partial charge is 0.235 e. The Labute approximate surface area is 188 Å². The van der Waals surface area contributed by atoms with Crippen molar-refractivity contribution in [3.8, 4) is 11.1 Å². The number of nitrogens with one attached hydrogen (secondary N) is 1. The fourth-order valence-electron chi connectivity index (χ4n) is 3.47. The maximum absolute atomic E-state index is 6.33. The van der Waals surface area contributed by atoms with E-state index in [2.05, 4.69) is 70.4 Å². The SMILES string of the molecule is CCN(CCN(C)C)c1ccc(Nc2cn3cc(-c4ccccc4Cl)cnc3n2)cc1. The maximum atomic E-state index is 6.33. The highest BCUT2D eigenvalue weighted by Gasteiger charge is 2.09. The molecular weight excluding hydrogens is 408 g/mol. The molecule has 0 unspecified atom stereocenters. The molecule has 0 amide bonds. The first kappa shape index (κ1) is 21.2. The lowest BCUT2D eigenvalue weighted by Crippen LogP contribution is -2.31. The Kier molecular flexibility index (Phi) is 6.39. The molecule has 31 heavy (non-hydrogen) atoms. The van der Waals surface area contributed by atoms with E-state index in [1.54, 1.807) is 6.20 Å². The minimum Gasteiger partial charge on any atom is -0.371 e. The molecule has 2 heterocycles. The van der Waals surface area contributed by atoms with Gasteiger partial charge < -0.3 is 15.1 Å². The zero-order chi connectivity index (χ0) is 21.8. The third-order valence-electron chi connectivity index (χ3n) is 5.20. The Hall–Kier alpha value is -3.09. The zero-order valence-electron chi connectivity index (χ0n) is 18.1. The van der Waals surface area contributed by atoms with Gasteiger partial charge in [-0.1, -0.05) is 29.8 Å². The van der Waals surface area contributed by atoms with Crippen molar-refractivity contribution in [3.05, 3.63) is 72.1 Å². The fraction of sp³-hybridized carbons (Fsp3) is 0.250. The molecule has 2 aromatic carbocycles. The summed E-state index contributed by atoms with van der Waals surface area (Å²) in [6.07, 6.45) is 5.73. The van der Waals surface area contributed by atoms with Crippen LogP contribution >= 0.6 is 11.6 Å². The van der Waals surface area contributed by atoms with Gasteiger partial charge in [-0.05, 0) is 51.4 Å². The van der Waals surface area contributed by atoms with E-state index >= 15 is 0 Å². The number of rotatable bonds is 8. The van der Waals surface area contributed by atoms with Gasteiger partial charge in [0.15, 0.2) is 5.82 Å². The molecule has 0 aliphatic heterocycles. The highest BCUT2D eigenvalue weighted by atomic mass is 35.5. The Balaban J connectivity index is 1.50. The van der Waals surface area contributed by atoms with Gasteiger partial charge in [0, 0.05) is 59.6 Å². The second-order valence-electron chi connectivity index (χ2n) is 7.71. The van der Waals surface area contributed by atoms with E-state index in [0.717, 1.165) is 42.3 Å². The Morgan fingerprint density at radius 3 is 2.48 bits per heavy atom. The van der Waals surface area contributed by atoms with E-state index in [0.29, 0.717) is 10.8 Å². The first-order valence-electron chi connectivity index (χ1n) is 10.4. The van der Waals surface area contributed by atoms with E-state index in [1.165, 1.54) is 5.69 Å². The fourth-order valence-corrected chi connectivity index (χ4v) is 3.72. The minimum atomic E-state index is 0.635. The molecule has 0 saturated carbocycles. The number of imidazole rings is 1. The molecule has 0 aliphatic carbocycles. The number of hydrogen-bond donors (Lipinski definition) is 1. The van der Waals surface area contributed by atoms with Gasteiger partial charge in [0.25, 0.3) is 0 Å². The van der Waals surface area contributed by atoms with E-state index in [1.807, 2.05) is 41.1 Å². The van der Waals surface area contributed by atoms with E-state index in [9.17, 15) is 0 Å². The summed E-state index contributed by atoms with van der Waals surface area (Å²) in [5.41, 5.74) is 4.11. The van der Waals surface area contributed by atoms with Gasteiger partial charge in [0.05, 0.1) is 6.20 Å². The molecule has 160 valence electrons. The van der Waals surface area contributed by atoms with Crippen molar-refractivity contribution in [3.63, 3.8) is 0 Å². The molecule has 2 aromatic heterocycles. The van der Waals surface area contributed by atoms with Crippen molar-refractivity contribution in [1.82, 2.24) is 19.3 Å². The predicted molar refractivity (Wildman–Crippen MR) is 130 cm³/mol. The number of likely N-dealkylation sites (N-methyl/N-ethyl adjacent to an activating group) is 2. The molecular formula is C24H27ClN6. The van der Waals surface area contributed by atoms with Crippen molar-refractivity contribution >= 4 is 34.6 Å². The quantitative estimate of drug-likeness (QED) is 0.414. The Morgan fingerprint density at radius 1 is 1.00 bits per heavy atom. The Morgan fingerprint density at radius 2 is 1.77 bits per heavy atom. The summed E-state index contributed by atoms with van der Waals surface area (Å²) in [6.45, 7) is 5.19. The highest BCUT2D eigenvalue weighted by molar-refractivity contribution is 6.33. The molecule has 7 heteroatoms. The summed E-state index contributed by atoms with van der Waals surface area (Å²) in [5, 5.41) is 4.08. The lowest BCUT2D eigenvalue weighted by molar-refractivity contribution is 0.414. The molecule has 6 nitrogen and oxygen atoms in total. The molecule has 0 bridgehead atoms. The minimum absolute atomic E-state index is 0.635. The number of halogens is 1. The summed E-state index contributed by atoms with van der Waals surface area (Å²) in [7, 11) is 4.20.